The van der Waals surface area contributed by atoms with Gasteiger partial charge in [0.2, 0.25) is 5.91 Å². The summed E-state index contributed by atoms with van der Waals surface area (Å²) in [6.45, 7) is 4.07. The van der Waals surface area contributed by atoms with Gasteiger partial charge in [-0.05, 0) is 61.6 Å². The van der Waals surface area contributed by atoms with Crippen molar-refractivity contribution in [2.45, 2.75) is 25.8 Å². The second-order valence-electron chi connectivity index (χ2n) is 7.05. The normalized spacial score (nSPS) is 15.3. The summed E-state index contributed by atoms with van der Waals surface area (Å²) in [6.07, 6.45) is 3.82. The van der Waals surface area contributed by atoms with Crippen LogP contribution in [-0.4, -0.2) is 41.6 Å². The first kappa shape index (κ1) is 18.2. The van der Waals surface area contributed by atoms with E-state index in [0.29, 0.717) is 6.54 Å². The van der Waals surface area contributed by atoms with Crippen LogP contribution in [0, 0.1) is 5.82 Å². The fourth-order valence-electron chi connectivity index (χ4n) is 3.78. The molecule has 4 nitrogen and oxygen atoms in total. The van der Waals surface area contributed by atoms with Gasteiger partial charge in [0, 0.05) is 24.0 Å². The molecule has 3 heterocycles. The number of thiophene rings is 1. The predicted molar refractivity (Wildman–Crippen MR) is 109 cm³/mol. The van der Waals surface area contributed by atoms with Crippen molar-refractivity contribution >= 4 is 28.1 Å². The SMILES string of the molecule is O=C(Cn1c(-c2cccs2)cc2cc(F)ccc21)NCCN1CCCCC1. The number of fused-ring (bicyclic) bond motifs is 1. The number of aromatic nitrogens is 1. The van der Waals surface area contributed by atoms with Crippen LogP contribution in [0.25, 0.3) is 21.5 Å². The number of benzene rings is 1. The highest BCUT2D eigenvalue weighted by Crippen LogP contribution is 2.31. The molecular weight excluding hydrogens is 361 g/mol. The van der Waals surface area contributed by atoms with Gasteiger partial charge >= 0.3 is 0 Å². The highest BCUT2D eigenvalue weighted by Gasteiger charge is 2.15. The van der Waals surface area contributed by atoms with Gasteiger partial charge in [-0.25, -0.2) is 4.39 Å². The molecule has 3 aromatic rings. The number of nitrogens with zero attached hydrogens (tertiary/aromatic N) is 2. The monoisotopic (exact) mass is 385 g/mol. The number of carbonyl (C=O) groups is 1. The molecule has 1 amide bonds. The number of likely N-dealkylation sites (tertiary alicyclic amines) is 1. The zero-order valence-corrected chi connectivity index (χ0v) is 16.1. The third-order valence-electron chi connectivity index (χ3n) is 5.14. The smallest absolute Gasteiger partial charge is 0.240 e. The summed E-state index contributed by atoms with van der Waals surface area (Å²) in [7, 11) is 0. The highest BCUT2D eigenvalue weighted by atomic mass is 32.1. The first-order valence-corrected chi connectivity index (χ1v) is 10.4. The number of halogens is 1. The van der Waals surface area contributed by atoms with Crippen LogP contribution in [0.2, 0.25) is 0 Å². The molecule has 0 spiro atoms. The summed E-state index contributed by atoms with van der Waals surface area (Å²) in [5, 5.41) is 5.87. The molecular formula is C21H24FN3OS. The molecule has 0 atom stereocenters. The van der Waals surface area contributed by atoms with E-state index in [9.17, 15) is 9.18 Å². The molecule has 0 saturated carbocycles. The van der Waals surface area contributed by atoms with E-state index in [1.165, 1.54) is 31.4 Å². The van der Waals surface area contributed by atoms with Crippen LogP contribution >= 0.6 is 11.3 Å². The van der Waals surface area contributed by atoms with E-state index in [4.69, 9.17) is 0 Å². The molecule has 6 heteroatoms. The molecule has 27 heavy (non-hydrogen) atoms. The van der Waals surface area contributed by atoms with Crippen molar-refractivity contribution < 1.29 is 9.18 Å². The van der Waals surface area contributed by atoms with Gasteiger partial charge in [0.15, 0.2) is 0 Å². The lowest BCUT2D eigenvalue weighted by Crippen LogP contribution is -2.38. The van der Waals surface area contributed by atoms with Crippen LogP contribution in [0.4, 0.5) is 4.39 Å². The van der Waals surface area contributed by atoms with Crippen molar-refractivity contribution in [3.63, 3.8) is 0 Å². The van der Waals surface area contributed by atoms with Crippen molar-refractivity contribution in [3.05, 3.63) is 47.6 Å². The predicted octanol–water partition coefficient (Wildman–Crippen LogP) is 4.11. The molecule has 1 saturated heterocycles. The molecule has 1 aliphatic rings. The molecule has 1 N–H and O–H groups in total. The molecule has 1 aromatic carbocycles. The molecule has 4 rings (SSSR count). The largest absolute Gasteiger partial charge is 0.353 e. The average Bonchev–Trinajstić information content (AvgIpc) is 3.30. The number of carbonyl (C=O) groups excluding carboxylic acids is 1. The molecule has 0 unspecified atom stereocenters. The van der Waals surface area contributed by atoms with Crippen molar-refractivity contribution in [2.75, 3.05) is 26.2 Å². The van der Waals surface area contributed by atoms with Gasteiger partial charge in [-0.15, -0.1) is 11.3 Å². The molecule has 0 bridgehead atoms. The maximum Gasteiger partial charge on any atom is 0.240 e. The Kier molecular flexibility index (Phi) is 5.55. The summed E-state index contributed by atoms with van der Waals surface area (Å²) < 4.78 is 15.6. The number of amides is 1. The van der Waals surface area contributed by atoms with E-state index in [2.05, 4.69) is 10.2 Å². The fourth-order valence-corrected chi connectivity index (χ4v) is 4.53. The van der Waals surface area contributed by atoms with Crippen LogP contribution in [0.5, 0.6) is 0 Å². The van der Waals surface area contributed by atoms with E-state index in [1.54, 1.807) is 17.4 Å². The number of rotatable bonds is 6. The molecule has 1 fully saturated rings. The third-order valence-corrected chi connectivity index (χ3v) is 6.03. The van der Waals surface area contributed by atoms with Gasteiger partial charge < -0.3 is 14.8 Å². The van der Waals surface area contributed by atoms with Crippen LogP contribution < -0.4 is 5.32 Å². The Morgan fingerprint density at radius 1 is 1.15 bits per heavy atom. The Morgan fingerprint density at radius 2 is 2.00 bits per heavy atom. The number of hydrogen-bond donors (Lipinski definition) is 1. The van der Waals surface area contributed by atoms with E-state index in [1.807, 2.05) is 28.1 Å². The van der Waals surface area contributed by atoms with E-state index < -0.39 is 0 Å². The number of piperidine rings is 1. The van der Waals surface area contributed by atoms with Gasteiger partial charge in [-0.2, -0.15) is 0 Å². The Morgan fingerprint density at radius 3 is 2.78 bits per heavy atom. The minimum atomic E-state index is -0.261. The van der Waals surface area contributed by atoms with Gasteiger partial charge in [0.25, 0.3) is 0 Å². The maximum atomic E-state index is 13.6. The number of hydrogen-bond acceptors (Lipinski definition) is 3. The molecule has 0 aliphatic carbocycles. The molecule has 1 aliphatic heterocycles. The van der Waals surface area contributed by atoms with Crippen molar-refractivity contribution in [3.8, 4) is 10.6 Å². The lowest BCUT2D eigenvalue weighted by molar-refractivity contribution is -0.121. The van der Waals surface area contributed by atoms with Crippen molar-refractivity contribution in [1.82, 2.24) is 14.8 Å². The van der Waals surface area contributed by atoms with Crippen LogP contribution in [-0.2, 0) is 11.3 Å². The lowest BCUT2D eigenvalue weighted by atomic mass is 10.1. The lowest BCUT2D eigenvalue weighted by Gasteiger charge is -2.26. The zero-order valence-electron chi connectivity index (χ0n) is 15.3. The van der Waals surface area contributed by atoms with Gasteiger partial charge in [0.1, 0.15) is 12.4 Å². The van der Waals surface area contributed by atoms with Crippen LogP contribution in [0.3, 0.4) is 0 Å². The Balaban J connectivity index is 1.48. The van der Waals surface area contributed by atoms with Crippen LogP contribution in [0.1, 0.15) is 19.3 Å². The van der Waals surface area contributed by atoms with E-state index in [0.717, 1.165) is 41.1 Å². The third kappa shape index (κ3) is 4.22. The van der Waals surface area contributed by atoms with E-state index in [-0.39, 0.29) is 18.3 Å². The molecule has 2 aromatic heterocycles. The zero-order chi connectivity index (χ0) is 18.6. The maximum absolute atomic E-state index is 13.6. The minimum absolute atomic E-state index is 0.00774. The summed E-state index contributed by atoms with van der Waals surface area (Å²) >= 11 is 1.62. The highest BCUT2D eigenvalue weighted by molar-refractivity contribution is 7.13. The minimum Gasteiger partial charge on any atom is -0.353 e. The quantitative estimate of drug-likeness (QED) is 0.693. The summed E-state index contributed by atoms with van der Waals surface area (Å²) in [4.78, 5) is 16.1. The second kappa shape index (κ2) is 8.23. The molecule has 142 valence electrons. The Bertz CT molecular complexity index is 913. The first-order chi connectivity index (χ1) is 13.2. The van der Waals surface area contributed by atoms with Crippen LogP contribution in [0.15, 0.2) is 41.8 Å². The topological polar surface area (TPSA) is 37.3 Å². The van der Waals surface area contributed by atoms with Crippen molar-refractivity contribution in [2.24, 2.45) is 0 Å². The van der Waals surface area contributed by atoms with Gasteiger partial charge in [0.05, 0.1) is 10.6 Å². The second-order valence-corrected chi connectivity index (χ2v) is 8.00. The summed E-state index contributed by atoms with van der Waals surface area (Å²) in [5.41, 5.74) is 1.84. The summed E-state index contributed by atoms with van der Waals surface area (Å²) in [6, 6.07) is 10.7. The van der Waals surface area contributed by atoms with E-state index >= 15 is 0 Å². The first-order valence-electron chi connectivity index (χ1n) is 9.52. The van der Waals surface area contributed by atoms with Gasteiger partial charge in [-0.1, -0.05) is 12.5 Å². The average molecular weight is 386 g/mol. The Hall–Kier alpha value is -2.18. The summed E-state index contributed by atoms with van der Waals surface area (Å²) in [5.74, 6) is -0.269. The Labute approximate surface area is 162 Å². The van der Waals surface area contributed by atoms with Crippen molar-refractivity contribution in [1.29, 1.82) is 0 Å². The fraction of sp³-hybridized carbons (Fsp3) is 0.381. The van der Waals surface area contributed by atoms with Gasteiger partial charge in [-0.3, -0.25) is 4.79 Å². The molecule has 0 radical (unpaired) electrons. The number of nitrogens with one attached hydrogen (secondary N) is 1. The standard InChI is InChI=1S/C21H24FN3OS/c22-17-6-7-18-16(13-17)14-19(20-5-4-12-27-20)25(18)15-21(26)23-8-11-24-9-2-1-3-10-24/h4-7,12-14H,1-3,8-11,15H2,(H,23,26).